The summed E-state index contributed by atoms with van der Waals surface area (Å²) in [7, 11) is 0. The molecule has 0 radical (unpaired) electrons. The van der Waals surface area contributed by atoms with Crippen molar-refractivity contribution in [2.75, 3.05) is 18.8 Å². The smallest absolute Gasteiger partial charge is 0.349 e. The molecule has 0 spiro atoms. The van der Waals surface area contributed by atoms with Gasteiger partial charge in [-0.1, -0.05) is 42.5 Å². The van der Waals surface area contributed by atoms with Gasteiger partial charge in [-0.2, -0.15) is 11.8 Å². The zero-order valence-corrected chi connectivity index (χ0v) is 16.0. The van der Waals surface area contributed by atoms with Crippen LogP contribution < -0.4 is 5.63 Å². The lowest BCUT2D eigenvalue weighted by Crippen LogP contribution is -2.35. The highest BCUT2D eigenvalue weighted by Gasteiger charge is 2.25. The van der Waals surface area contributed by atoms with Crippen LogP contribution in [0.25, 0.3) is 11.0 Å². The Balaban J connectivity index is 1.56. The molecule has 0 bridgehead atoms. The predicted molar refractivity (Wildman–Crippen MR) is 109 cm³/mol. The molecule has 1 atom stereocenters. The van der Waals surface area contributed by atoms with E-state index in [4.69, 9.17) is 4.42 Å². The number of rotatable bonds is 2. The van der Waals surface area contributed by atoms with E-state index in [0.717, 1.165) is 17.6 Å². The summed E-state index contributed by atoms with van der Waals surface area (Å²) >= 11 is 1.88. The van der Waals surface area contributed by atoms with Gasteiger partial charge in [0.05, 0.1) is 0 Å². The molecular formula is C22H21NO3S. The largest absolute Gasteiger partial charge is 0.422 e. The van der Waals surface area contributed by atoms with Gasteiger partial charge in [-0.3, -0.25) is 4.79 Å². The van der Waals surface area contributed by atoms with Crippen molar-refractivity contribution in [2.24, 2.45) is 0 Å². The third kappa shape index (κ3) is 3.65. The first-order valence-electron chi connectivity index (χ1n) is 9.13. The summed E-state index contributed by atoms with van der Waals surface area (Å²) in [4.78, 5) is 27.1. The Morgan fingerprint density at radius 3 is 2.74 bits per heavy atom. The minimum Gasteiger partial charge on any atom is -0.422 e. The topological polar surface area (TPSA) is 50.5 Å². The molecule has 2 heterocycles. The van der Waals surface area contributed by atoms with Crippen molar-refractivity contribution in [2.45, 2.75) is 18.6 Å². The number of carbonyl (C=O) groups excluding carboxylic acids is 1. The van der Waals surface area contributed by atoms with E-state index in [1.54, 1.807) is 17.0 Å². The van der Waals surface area contributed by atoms with Gasteiger partial charge in [0.2, 0.25) is 0 Å². The van der Waals surface area contributed by atoms with Crippen LogP contribution in [0.1, 0.15) is 33.2 Å². The van der Waals surface area contributed by atoms with Gasteiger partial charge < -0.3 is 9.32 Å². The number of fused-ring (bicyclic) bond motifs is 1. The maximum absolute atomic E-state index is 13.0. The molecule has 0 aliphatic carbocycles. The summed E-state index contributed by atoms with van der Waals surface area (Å²) in [5, 5.41) is 1.14. The fraction of sp³-hybridized carbons (Fsp3) is 0.273. The molecule has 0 N–H and O–H groups in total. The van der Waals surface area contributed by atoms with Crippen LogP contribution in [0, 0.1) is 6.92 Å². The minimum absolute atomic E-state index is 0.119. The number of thioether (sulfide) groups is 1. The molecule has 2 aromatic carbocycles. The lowest BCUT2D eigenvalue weighted by atomic mass is 10.0. The van der Waals surface area contributed by atoms with Crippen molar-refractivity contribution in [1.29, 1.82) is 0 Å². The average molecular weight is 379 g/mol. The molecule has 1 unspecified atom stereocenters. The van der Waals surface area contributed by atoms with Gasteiger partial charge in [0.25, 0.3) is 5.91 Å². The molecule has 1 aliphatic heterocycles. The van der Waals surface area contributed by atoms with Gasteiger partial charge in [-0.15, -0.1) is 0 Å². The van der Waals surface area contributed by atoms with Gasteiger partial charge >= 0.3 is 5.63 Å². The molecule has 1 aliphatic rings. The van der Waals surface area contributed by atoms with Crippen molar-refractivity contribution < 1.29 is 9.21 Å². The number of benzene rings is 2. The van der Waals surface area contributed by atoms with Crippen molar-refractivity contribution in [3.8, 4) is 0 Å². The van der Waals surface area contributed by atoms with Crippen molar-refractivity contribution in [3.05, 3.63) is 81.7 Å². The van der Waals surface area contributed by atoms with E-state index in [0.29, 0.717) is 23.9 Å². The molecule has 27 heavy (non-hydrogen) atoms. The molecule has 4 rings (SSSR count). The van der Waals surface area contributed by atoms with E-state index in [1.165, 1.54) is 11.1 Å². The first-order chi connectivity index (χ1) is 13.1. The van der Waals surface area contributed by atoms with E-state index in [9.17, 15) is 9.59 Å². The van der Waals surface area contributed by atoms with E-state index in [1.807, 2.05) is 30.0 Å². The quantitative estimate of drug-likeness (QED) is 0.619. The maximum atomic E-state index is 13.0. The predicted octanol–water partition coefficient (Wildman–Crippen LogP) is 4.42. The molecule has 1 amide bonds. The van der Waals surface area contributed by atoms with Crippen LogP contribution in [-0.4, -0.2) is 29.6 Å². The first kappa shape index (κ1) is 17.9. The molecule has 4 nitrogen and oxygen atoms in total. The second-order valence-corrected chi connectivity index (χ2v) is 8.09. The Labute approximate surface area is 162 Å². The van der Waals surface area contributed by atoms with E-state index >= 15 is 0 Å². The lowest BCUT2D eigenvalue weighted by Gasteiger charge is -2.20. The maximum Gasteiger partial charge on any atom is 0.349 e. The fourth-order valence-corrected chi connectivity index (χ4v) is 4.88. The highest BCUT2D eigenvalue weighted by molar-refractivity contribution is 7.99. The lowest BCUT2D eigenvalue weighted by molar-refractivity contribution is 0.0762. The highest BCUT2D eigenvalue weighted by atomic mass is 32.2. The molecule has 0 saturated carbocycles. The van der Waals surface area contributed by atoms with E-state index < -0.39 is 5.63 Å². The Kier molecular flexibility index (Phi) is 5.03. The Hall–Kier alpha value is -2.53. The zero-order chi connectivity index (χ0) is 18.8. The van der Waals surface area contributed by atoms with Crippen molar-refractivity contribution in [3.63, 3.8) is 0 Å². The summed E-state index contributed by atoms with van der Waals surface area (Å²) < 4.78 is 5.33. The average Bonchev–Trinajstić information content (AvgIpc) is 2.93. The fourth-order valence-electron chi connectivity index (χ4n) is 3.55. The second kappa shape index (κ2) is 7.61. The van der Waals surface area contributed by atoms with Crippen LogP contribution in [-0.2, 0) is 0 Å². The summed E-state index contributed by atoms with van der Waals surface area (Å²) in [5.41, 5.74) is 2.68. The van der Waals surface area contributed by atoms with Gasteiger partial charge in [0, 0.05) is 29.5 Å². The molecule has 138 valence electrons. The Morgan fingerprint density at radius 1 is 1.11 bits per heavy atom. The molecule has 1 aromatic heterocycles. The minimum atomic E-state index is -0.564. The van der Waals surface area contributed by atoms with Gasteiger partial charge in [-0.25, -0.2) is 4.79 Å². The number of nitrogens with zero attached hydrogens (tertiary/aromatic N) is 1. The molecule has 3 aromatic rings. The zero-order valence-electron chi connectivity index (χ0n) is 15.2. The number of hydrogen-bond acceptors (Lipinski definition) is 4. The first-order valence-corrected chi connectivity index (χ1v) is 10.2. The number of carbonyl (C=O) groups is 1. The summed E-state index contributed by atoms with van der Waals surface area (Å²) in [6.07, 6.45) is 0.875. The number of amides is 1. The number of para-hydroxylation sites is 1. The Bertz CT molecular complexity index is 1040. The second-order valence-electron chi connectivity index (χ2n) is 6.78. The van der Waals surface area contributed by atoms with Crippen LogP contribution in [0.2, 0.25) is 0 Å². The van der Waals surface area contributed by atoms with Crippen LogP contribution in [0.5, 0.6) is 0 Å². The van der Waals surface area contributed by atoms with Gasteiger partial charge in [-0.05, 0) is 36.6 Å². The van der Waals surface area contributed by atoms with Gasteiger partial charge in [0.1, 0.15) is 11.1 Å². The molecule has 5 heteroatoms. The highest BCUT2D eigenvalue weighted by Crippen LogP contribution is 2.36. The monoisotopic (exact) mass is 379 g/mol. The summed E-state index contributed by atoms with van der Waals surface area (Å²) in [5.74, 6) is 0.615. The van der Waals surface area contributed by atoms with Gasteiger partial charge in [0.15, 0.2) is 0 Å². The summed E-state index contributed by atoms with van der Waals surface area (Å²) in [6.45, 7) is 3.40. The van der Waals surface area contributed by atoms with Crippen LogP contribution >= 0.6 is 11.8 Å². The van der Waals surface area contributed by atoms with Crippen molar-refractivity contribution in [1.82, 2.24) is 4.90 Å². The molecular weight excluding hydrogens is 358 g/mol. The van der Waals surface area contributed by atoms with Crippen LogP contribution in [0.3, 0.4) is 0 Å². The van der Waals surface area contributed by atoms with Crippen molar-refractivity contribution >= 4 is 28.6 Å². The third-order valence-corrected chi connectivity index (χ3v) is 6.35. The standard InChI is InChI=1S/C22H21NO3S/c1-15-6-2-4-8-17(15)20-10-11-23(12-13-27-20)21(24)18-14-16-7-3-5-9-19(16)26-22(18)25/h2-9,14,20H,10-13H2,1H3. The molecule has 1 saturated heterocycles. The summed E-state index contributed by atoms with van der Waals surface area (Å²) in [6, 6.07) is 17.3. The van der Waals surface area contributed by atoms with E-state index in [-0.39, 0.29) is 11.5 Å². The van der Waals surface area contributed by atoms with Crippen LogP contribution in [0.4, 0.5) is 0 Å². The third-order valence-electron chi connectivity index (χ3n) is 5.04. The SMILES string of the molecule is Cc1ccccc1C1CCN(C(=O)c2cc3ccccc3oc2=O)CCS1. The number of hydrogen-bond donors (Lipinski definition) is 0. The van der Waals surface area contributed by atoms with Crippen LogP contribution in [0.15, 0.2) is 63.8 Å². The van der Waals surface area contributed by atoms with E-state index in [2.05, 4.69) is 31.2 Å². The number of aryl methyl sites for hydroxylation is 1. The normalized spacial score (nSPS) is 17.7. The molecule has 1 fully saturated rings. The Morgan fingerprint density at radius 2 is 1.89 bits per heavy atom.